The number of rotatable bonds is 2. The molecule has 0 radical (unpaired) electrons. The second-order valence-corrected chi connectivity index (χ2v) is 17.0. The Labute approximate surface area is 328 Å². The molecule has 4 heterocycles. The molecule has 3 heteroatoms. The number of benzene rings is 9. The van der Waals surface area contributed by atoms with E-state index < -0.39 is 0 Å². The number of fused-ring (bicyclic) bond motifs is 14. The summed E-state index contributed by atoms with van der Waals surface area (Å²) in [6, 6.07) is 63.7. The van der Waals surface area contributed by atoms with Gasteiger partial charge in [-0.3, -0.25) is 0 Å². The van der Waals surface area contributed by atoms with Crippen molar-refractivity contribution in [2.45, 2.75) is 26.2 Å². The lowest BCUT2D eigenvalue weighted by molar-refractivity contribution is 0.592. The molecular weight excluding hydrogens is 691 g/mol. The zero-order chi connectivity index (χ0) is 37.7. The molecule has 0 spiro atoms. The SMILES string of the molecule is CC(C)(C)c1cc2c3cc4ccc(-n5c6ccccc6c6ccccc65)cc4cc3n3c4cc5cc(-n6c7ccccc7c7ccccc76)ccc5cc4c(c1)c23. The van der Waals surface area contributed by atoms with Gasteiger partial charge in [0.2, 0.25) is 0 Å². The van der Waals surface area contributed by atoms with E-state index in [-0.39, 0.29) is 5.41 Å². The molecule has 13 aromatic rings. The van der Waals surface area contributed by atoms with Crippen LogP contribution in [0.4, 0.5) is 0 Å². The average molecular weight is 728 g/mol. The Kier molecular flexibility index (Phi) is 5.90. The molecule has 0 unspecified atom stereocenters. The van der Waals surface area contributed by atoms with Gasteiger partial charge in [0.25, 0.3) is 0 Å². The Balaban J connectivity index is 1.10. The average Bonchev–Trinajstić information content (AvgIpc) is 3.95. The second-order valence-electron chi connectivity index (χ2n) is 17.0. The second kappa shape index (κ2) is 10.8. The van der Waals surface area contributed by atoms with Crippen molar-refractivity contribution in [2.24, 2.45) is 0 Å². The summed E-state index contributed by atoms with van der Waals surface area (Å²) in [5.41, 5.74) is 12.4. The summed E-state index contributed by atoms with van der Waals surface area (Å²) in [5, 5.41) is 15.4. The van der Waals surface area contributed by atoms with E-state index in [1.54, 1.807) is 0 Å². The molecule has 0 aliphatic carbocycles. The molecule has 0 aliphatic heterocycles. The molecular formula is C54H37N3. The van der Waals surface area contributed by atoms with Crippen molar-refractivity contribution in [1.29, 1.82) is 0 Å². The molecule has 3 nitrogen and oxygen atoms in total. The Morgan fingerprint density at radius 2 is 0.702 bits per heavy atom. The first kappa shape index (κ1) is 31.1. The lowest BCUT2D eigenvalue weighted by Gasteiger charge is -2.19. The smallest absolute Gasteiger partial charge is 0.0620 e. The predicted octanol–water partition coefficient (Wildman–Crippen LogP) is 14.6. The third kappa shape index (κ3) is 4.15. The first-order valence-corrected chi connectivity index (χ1v) is 20.0. The molecule has 13 rings (SSSR count). The molecule has 0 saturated heterocycles. The van der Waals surface area contributed by atoms with E-state index in [4.69, 9.17) is 0 Å². The third-order valence-corrected chi connectivity index (χ3v) is 12.8. The minimum absolute atomic E-state index is 0.00396. The van der Waals surface area contributed by atoms with Gasteiger partial charge >= 0.3 is 0 Å². The van der Waals surface area contributed by atoms with Crippen LogP contribution in [0.5, 0.6) is 0 Å². The van der Waals surface area contributed by atoms with Crippen molar-refractivity contribution in [1.82, 2.24) is 13.5 Å². The van der Waals surface area contributed by atoms with Crippen LogP contribution >= 0.6 is 0 Å². The fourth-order valence-corrected chi connectivity index (χ4v) is 10.1. The number of aromatic nitrogens is 3. The van der Waals surface area contributed by atoms with Crippen LogP contribution < -0.4 is 0 Å². The first-order valence-electron chi connectivity index (χ1n) is 20.0. The number of para-hydroxylation sites is 4. The maximum absolute atomic E-state index is 2.56. The van der Waals surface area contributed by atoms with Gasteiger partial charge in [0.1, 0.15) is 0 Å². The van der Waals surface area contributed by atoms with Crippen molar-refractivity contribution >= 4 is 103 Å². The van der Waals surface area contributed by atoms with Gasteiger partial charge in [0.15, 0.2) is 0 Å². The predicted molar refractivity (Wildman–Crippen MR) is 243 cm³/mol. The van der Waals surface area contributed by atoms with E-state index in [0.717, 1.165) is 0 Å². The summed E-state index contributed by atoms with van der Waals surface area (Å²) in [7, 11) is 0. The monoisotopic (exact) mass is 727 g/mol. The summed E-state index contributed by atoms with van der Waals surface area (Å²) in [4.78, 5) is 0. The Morgan fingerprint density at radius 3 is 1.09 bits per heavy atom. The fourth-order valence-electron chi connectivity index (χ4n) is 10.1. The van der Waals surface area contributed by atoms with Crippen molar-refractivity contribution in [2.75, 3.05) is 0 Å². The fraction of sp³-hybridized carbons (Fsp3) is 0.0741. The molecule has 57 heavy (non-hydrogen) atoms. The van der Waals surface area contributed by atoms with Crippen LogP contribution in [-0.4, -0.2) is 13.5 Å². The van der Waals surface area contributed by atoms with Crippen molar-refractivity contribution in [3.63, 3.8) is 0 Å². The van der Waals surface area contributed by atoms with Gasteiger partial charge in [0, 0.05) is 54.5 Å². The molecule has 268 valence electrons. The van der Waals surface area contributed by atoms with Crippen molar-refractivity contribution in [3.05, 3.63) is 175 Å². The molecule has 0 N–H and O–H groups in total. The van der Waals surface area contributed by atoms with Gasteiger partial charge in [-0.05, 0) is 117 Å². The first-order chi connectivity index (χ1) is 27.9. The molecule has 0 saturated carbocycles. The normalized spacial score (nSPS) is 12.8. The minimum Gasteiger partial charge on any atom is -0.309 e. The van der Waals surface area contributed by atoms with Crippen LogP contribution in [0.3, 0.4) is 0 Å². The molecule has 0 amide bonds. The van der Waals surface area contributed by atoms with Crippen molar-refractivity contribution < 1.29 is 0 Å². The molecule has 0 atom stereocenters. The Hall–Kier alpha value is -7.10. The number of hydrogen-bond acceptors (Lipinski definition) is 0. The molecule has 9 aromatic carbocycles. The maximum Gasteiger partial charge on any atom is 0.0620 e. The highest BCUT2D eigenvalue weighted by molar-refractivity contribution is 6.26. The third-order valence-electron chi connectivity index (χ3n) is 12.8. The summed E-state index contributed by atoms with van der Waals surface area (Å²) in [5.74, 6) is 0. The highest BCUT2D eigenvalue weighted by Crippen LogP contribution is 2.45. The van der Waals surface area contributed by atoms with E-state index in [9.17, 15) is 0 Å². The van der Waals surface area contributed by atoms with Crippen LogP contribution in [-0.2, 0) is 5.41 Å². The number of nitrogens with zero attached hydrogens (tertiary/aromatic N) is 3. The largest absolute Gasteiger partial charge is 0.309 e. The summed E-state index contributed by atoms with van der Waals surface area (Å²) >= 11 is 0. The van der Waals surface area contributed by atoms with Crippen LogP contribution in [0.15, 0.2) is 170 Å². The number of hydrogen-bond donors (Lipinski definition) is 0. The molecule has 0 aliphatic rings. The zero-order valence-electron chi connectivity index (χ0n) is 32.0. The minimum atomic E-state index is 0.00396. The lowest BCUT2D eigenvalue weighted by atomic mass is 9.85. The van der Waals surface area contributed by atoms with Gasteiger partial charge < -0.3 is 13.5 Å². The van der Waals surface area contributed by atoms with Crippen LogP contribution in [0.2, 0.25) is 0 Å². The van der Waals surface area contributed by atoms with Gasteiger partial charge in [-0.15, -0.1) is 0 Å². The maximum atomic E-state index is 2.56. The van der Waals surface area contributed by atoms with E-state index in [0.29, 0.717) is 0 Å². The summed E-state index contributed by atoms with van der Waals surface area (Å²) in [6.45, 7) is 6.99. The van der Waals surface area contributed by atoms with E-state index in [1.165, 1.54) is 120 Å². The Morgan fingerprint density at radius 1 is 0.316 bits per heavy atom. The highest BCUT2D eigenvalue weighted by atomic mass is 15.0. The Bertz CT molecular complexity index is 3500. The summed E-state index contributed by atoms with van der Waals surface area (Å²) in [6.07, 6.45) is 0. The summed E-state index contributed by atoms with van der Waals surface area (Å²) < 4.78 is 7.40. The van der Waals surface area contributed by atoms with Crippen molar-refractivity contribution in [3.8, 4) is 11.4 Å². The van der Waals surface area contributed by atoms with Crippen LogP contribution in [0, 0.1) is 0 Å². The standard InChI is InChI=1S/C54H37N3/c1-54(2,3)36-30-45-43-26-32-20-22-37(55-47-16-8-4-12-39(47)40-13-5-9-17-48(40)55)24-34(32)28-51(43)57-52-29-35-25-38(23-21-33(35)27-44(52)46(31-36)53(45)57)56-49-18-10-6-14-41(49)42-15-7-11-19-50(42)56/h4-31H,1-3H3. The van der Waals surface area contributed by atoms with Gasteiger partial charge in [0.05, 0.1) is 38.6 Å². The molecule has 0 bridgehead atoms. The highest BCUT2D eigenvalue weighted by Gasteiger charge is 2.24. The van der Waals surface area contributed by atoms with Crippen LogP contribution in [0.1, 0.15) is 26.3 Å². The molecule has 4 aromatic heterocycles. The van der Waals surface area contributed by atoms with Crippen LogP contribution in [0.25, 0.3) is 115 Å². The van der Waals surface area contributed by atoms with Gasteiger partial charge in [-0.25, -0.2) is 0 Å². The quantitative estimate of drug-likeness (QED) is 0.168. The molecule has 0 fully saturated rings. The van der Waals surface area contributed by atoms with E-state index >= 15 is 0 Å². The van der Waals surface area contributed by atoms with E-state index in [2.05, 4.69) is 204 Å². The zero-order valence-corrected chi connectivity index (χ0v) is 32.0. The lowest BCUT2D eigenvalue weighted by Crippen LogP contribution is -2.10. The van der Waals surface area contributed by atoms with Gasteiger partial charge in [-0.2, -0.15) is 0 Å². The van der Waals surface area contributed by atoms with Gasteiger partial charge in [-0.1, -0.05) is 106 Å². The topological polar surface area (TPSA) is 14.3 Å². The van der Waals surface area contributed by atoms with E-state index in [1.807, 2.05) is 0 Å².